The minimum Gasteiger partial charge on any atom is -0.466 e. The van der Waals surface area contributed by atoms with Crippen LogP contribution in [0.25, 0.3) is 0 Å². The molecule has 0 saturated carbocycles. The summed E-state index contributed by atoms with van der Waals surface area (Å²) < 4.78 is 30.3. The number of halogens is 2. The second kappa shape index (κ2) is 7.56. The van der Waals surface area contributed by atoms with Crippen molar-refractivity contribution in [2.24, 2.45) is 0 Å². The van der Waals surface area contributed by atoms with E-state index in [1.54, 1.807) is 13.0 Å². The lowest BCUT2D eigenvalue weighted by atomic mass is 10.1. The Morgan fingerprint density at radius 2 is 2.21 bits per heavy atom. The van der Waals surface area contributed by atoms with Gasteiger partial charge in [0, 0.05) is 29.9 Å². The molecular weight excluding hydrogens is 254 g/mol. The molecule has 1 rings (SSSR count). The van der Waals surface area contributed by atoms with E-state index in [1.165, 1.54) is 12.1 Å². The van der Waals surface area contributed by atoms with Crippen molar-refractivity contribution in [2.45, 2.75) is 26.2 Å². The minimum absolute atomic E-state index is 0.129. The molecule has 0 aliphatic carbocycles. The first-order chi connectivity index (χ1) is 9.04. The molecule has 19 heavy (non-hydrogen) atoms. The summed E-state index contributed by atoms with van der Waals surface area (Å²) in [7, 11) is 0. The third-order valence-electron chi connectivity index (χ3n) is 2.49. The Morgan fingerprint density at radius 3 is 2.84 bits per heavy atom. The molecule has 0 unspecified atom stereocenters. The van der Waals surface area contributed by atoms with E-state index in [4.69, 9.17) is 10.5 Å². The van der Waals surface area contributed by atoms with Gasteiger partial charge >= 0.3 is 5.97 Å². The third kappa shape index (κ3) is 5.11. The van der Waals surface area contributed by atoms with Crippen LogP contribution in [0.5, 0.6) is 0 Å². The fraction of sp³-hybridized carbons (Fsp3) is 0.462. The summed E-state index contributed by atoms with van der Waals surface area (Å²) in [6, 6.07) is 4.32. The monoisotopic (exact) mass is 272 g/mol. The van der Waals surface area contributed by atoms with Crippen LogP contribution in [-0.2, 0) is 9.53 Å². The van der Waals surface area contributed by atoms with Gasteiger partial charge in [0.05, 0.1) is 6.61 Å². The predicted molar refractivity (Wildman–Crippen MR) is 70.2 cm³/mol. The average molecular weight is 272 g/mol. The van der Waals surface area contributed by atoms with Gasteiger partial charge in [-0.1, -0.05) is 0 Å². The molecule has 106 valence electrons. The molecule has 0 spiro atoms. The van der Waals surface area contributed by atoms with E-state index in [-0.39, 0.29) is 18.0 Å². The maximum atomic E-state index is 12.8. The highest BCUT2D eigenvalue weighted by Gasteiger charge is 2.13. The van der Waals surface area contributed by atoms with Gasteiger partial charge in [0.2, 0.25) is 0 Å². The van der Waals surface area contributed by atoms with E-state index in [0.29, 0.717) is 30.9 Å². The van der Waals surface area contributed by atoms with Crippen molar-refractivity contribution in [2.75, 3.05) is 24.2 Å². The highest BCUT2D eigenvalue weighted by Crippen LogP contribution is 2.28. The van der Waals surface area contributed by atoms with Crippen molar-refractivity contribution in [1.29, 1.82) is 0 Å². The number of carbonyl (C=O) groups is 1. The summed E-state index contributed by atoms with van der Waals surface area (Å²) >= 11 is 0. The Kier molecular flexibility index (Phi) is 6.05. The molecule has 0 aliphatic heterocycles. The lowest BCUT2D eigenvalue weighted by Crippen LogP contribution is -2.09. The van der Waals surface area contributed by atoms with E-state index in [1.807, 2.05) is 0 Å². The van der Waals surface area contributed by atoms with Crippen LogP contribution < -0.4 is 11.1 Å². The molecule has 0 aliphatic rings. The highest BCUT2D eigenvalue weighted by molar-refractivity contribution is 5.69. The molecule has 0 saturated heterocycles. The Labute approximate surface area is 110 Å². The number of anilines is 2. The van der Waals surface area contributed by atoms with Gasteiger partial charge in [-0.15, -0.1) is 0 Å². The molecule has 0 atom stereocenters. The number of hydrogen-bond donors (Lipinski definition) is 2. The zero-order valence-electron chi connectivity index (χ0n) is 10.8. The van der Waals surface area contributed by atoms with Crippen LogP contribution in [0.2, 0.25) is 0 Å². The summed E-state index contributed by atoms with van der Waals surface area (Å²) in [6.45, 7) is 2.50. The fourth-order valence-corrected chi connectivity index (χ4v) is 1.61. The Morgan fingerprint density at radius 1 is 1.47 bits per heavy atom. The minimum atomic E-state index is -2.59. The fourth-order valence-electron chi connectivity index (χ4n) is 1.61. The van der Waals surface area contributed by atoms with E-state index < -0.39 is 6.43 Å². The second-order valence-corrected chi connectivity index (χ2v) is 3.98. The Balaban J connectivity index is 2.47. The quantitative estimate of drug-likeness (QED) is 0.455. The van der Waals surface area contributed by atoms with E-state index >= 15 is 0 Å². The standard InChI is InChI=1S/C13H18F2N2O2/c1-2-19-12(18)4-3-7-17-11-6-5-9(16)8-10(11)13(14)15/h5-6,8,13,17H,2-4,7,16H2,1H3. The van der Waals surface area contributed by atoms with Crippen molar-refractivity contribution >= 4 is 17.3 Å². The number of alkyl halides is 2. The van der Waals surface area contributed by atoms with E-state index in [9.17, 15) is 13.6 Å². The number of carbonyl (C=O) groups excluding carboxylic acids is 1. The summed E-state index contributed by atoms with van der Waals surface area (Å²) in [5, 5.41) is 2.88. The third-order valence-corrected chi connectivity index (χ3v) is 2.49. The predicted octanol–water partition coefficient (Wildman–Crippen LogP) is 2.96. The highest BCUT2D eigenvalue weighted by atomic mass is 19.3. The topological polar surface area (TPSA) is 64.3 Å². The van der Waals surface area contributed by atoms with Gasteiger partial charge in [0.1, 0.15) is 0 Å². The normalized spacial score (nSPS) is 10.5. The first-order valence-corrected chi connectivity index (χ1v) is 6.11. The number of benzene rings is 1. The number of rotatable bonds is 7. The van der Waals surface area contributed by atoms with Crippen LogP contribution in [0.4, 0.5) is 20.2 Å². The van der Waals surface area contributed by atoms with Gasteiger partial charge in [-0.25, -0.2) is 8.78 Å². The molecule has 6 heteroatoms. The Hall–Kier alpha value is -1.85. The molecule has 4 nitrogen and oxygen atoms in total. The molecule has 3 N–H and O–H groups in total. The number of nitrogens with one attached hydrogen (secondary N) is 1. The zero-order chi connectivity index (χ0) is 14.3. The van der Waals surface area contributed by atoms with Crippen molar-refractivity contribution in [1.82, 2.24) is 0 Å². The second-order valence-electron chi connectivity index (χ2n) is 3.98. The number of ether oxygens (including phenoxy) is 1. The molecule has 0 radical (unpaired) electrons. The average Bonchev–Trinajstić information content (AvgIpc) is 2.36. The molecular formula is C13H18F2N2O2. The van der Waals surface area contributed by atoms with Gasteiger partial charge in [-0.3, -0.25) is 4.79 Å². The van der Waals surface area contributed by atoms with Gasteiger partial charge < -0.3 is 15.8 Å². The van der Waals surface area contributed by atoms with Crippen molar-refractivity contribution in [3.63, 3.8) is 0 Å². The maximum Gasteiger partial charge on any atom is 0.305 e. The van der Waals surface area contributed by atoms with Crippen LogP contribution in [0.3, 0.4) is 0 Å². The van der Waals surface area contributed by atoms with Crippen LogP contribution in [-0.4, -0.2) is 19.1 Å². The summed E-state index contributed by atoms with van der Waals surface area (Å²) in [6.07, 6.45) is -1.80. The number of nitrogen functional groups attached to an aromatic ring is 1. The number of hydrogen-bond acceptors (Lipinski definition) is 4. The first kappa shape index (κ1) is 15.2. The molecule has 0 aromatic heterocycles. The molecule has 1 aromatic rings. The van der Waals surface area contributed by atoms with Crippen molar-refractivity contribution in [3.8, 4) is 0 Å². The number of esters is 1. The van der Waals surface area contributed by atoms with Gasteiger partial charge in [-0.05, 0) is 31.5 Å². The Bertz CT molecular complexity index is 425. The van der Waals surface area contributed by atoms with Crippen molar-refractivity contribution in [3.05, 3.63) is 23.8 Å². The molecule has 0 fully saturated rings. The zero-order valence-corrected chi connectivity index (χ0v) is 10.8. The summed E-state index contributed by atoms with van der Waals surface area (Å²) in [5.74, 6) is -0.282. The summed E-state index contributed by atoms with van der Waals surface area (Å²) in [5.41, 5.74) is 5.98. The van der Waals surface area contributed by atoms with Crippen molar-refractivity contribution < 1.29 is 18.3 Å². The van der Waals surface area contributed by atoms with Crippen LogP contribution in [0.1, 0.15) is 31.8 Å². The lowest BCUT2D eigenvalue weighted by Gasteiger charge is -2.12. The lowest BCUT2D eigenvalue weighted by molar-refractivity contribution is -0.143. The van der Waals surface area contributed by atoms with Crippen LogP contribution >= 0.6 is 0 Å². The molecule has 0 heterocycles. The van der Waals surface area contributed by atoms with E-state index in [0.717, 1.165) is 0 Å². The summed E-state index contributed by atoms with van der Waals surface area (Å²) in [4.78, 5) is 11.1. The molecule has 0 bridgehead atoms. The molecule has 0 amide bonds. The maximum absolute atomic E-state index is 12.8. The largest absolute Gasteiger partial charge is 0.466 e. The van der Waals surface area contributed by atoms with Crippen LogP contribution in [0, 0.1) is 0 Å². The first-order valence-electron chi connectivity index (χ1n) is 6.11. The number of nitrogens with two attached hydrogens (primary N) is 1. The van der Waals surface area contributed by atoms with Crippen LogP contribution in [0.15, 0.2) is 18.2 Å². The van der Waals surface area contributed by atoms with E-state index in [2.05, 4.69) is 5.32 Å². The molecule has 1 aromatic carbocycles. The smallest absolute Gasteiger partial charge is 0.305 e. The van der Waals surface area contributed by atoms with Gasteiger partial charge in [0.25, 0.3) is 6.43 Å². The van der Waals surface area contributed by atoms with Gasteiger partial charge in [0.15, 0.2) is 0 Å². The van der Waals surface area contributed by atoms with Gasteiger partial charge in [-0.2, -0.15) is 0 Å². The SMILES string of the molecule is CCOC(=O)CCCNc1ccc(N)cc1C(F)F.